The van der Waals surface area contributed by atoms with Crippen molar-refractivity contribution in [1.29, 1.82) is 0 Å². The zero-order valence-electron chi connectivity index (χ0n) is 16.4. The quantitative estimate of drug-likeness (QED) is 0.668. The average molecular weight is 410 g/mol. The standard InChI is InChI=1S/C23H24ClN3O2/c1-27-17-4-2-5-18(27)13-16(12-17)25-22(28)19-6-3-7-20-21(19)26-23(29-20)14-8-10-15(24)11-9-14/h3,6-11,16-18H,2,4-5,12-13H2,1H3,(H,25,28)/t17-,18-/m1/s1. The number of carbonyl (C=O) groups is 1. The lowest BCUT2D eigenvalue weighted by molar-refractivity contribution is 0.0463. The number of oxazole rings is 1. The summed E-state index contributed by atoms with van der Waals surface area (Å²) in [6.45, 7) is 0. The number of piperidine rings is 2. The normalized spacial score (nSPS) is 24.6. The van der Waals surface area contributed by atoms with E-state index in [0.29, 0.717) is 39.7 Å². The number of halogens is 1. The Morgan fingerprint density at radius 2 is 1.86 bits per heavy atom. The summed E-state index contributed by atoms with van der Waals surface area (Å²) in [5, 5.41) is 3.93. The molecule has 2 bridgehead atoms. The molecule has 5 nitrogen and oxygen atoms in total. The molecule has 2 aromatic carbocycles. The number of nitrogens with one attached hydrogen (secondary N) is 1. The maximum atomic E-state index is 13.1. The van der Waals surface area contributed by atoms with E-state index in [0.717, 1.165) is 18.4 Å². The van der Waals surface area contributed by atoms with Crippen LogP contribution >= 0.6 is 11.6 Å². The molecule has 2 fully saturated rings. The van der Waals surface area contributed by atoms with Crippen molar-refractivity contribution in [2.75, 3.05) is 7.05 Å². The first-order valence-corrected chi connectivity index (χ1v) is 10.6. The zero-order valence-corrected chi connectivity index (χ0v) is 17.2. The van der Waals surface area contributed by atoms with Crippen LogP contribution in [0.1, 0.15) is 42.5 Å². The summed E-state index contributed by atoms with van der Waals surface area (Å²) in [4.78, 5) is 20.2. The van der Waals surface area contributed by atoms with Gasteiger partial charge in [-0.1, -0.05) is 24.1 Å². The number of amides is 1. The molecule has 0 aliphatic carbocycles. The molecular formula is C23H24ClN3O2. The maximum absolute atomic E-state index is 13.1. The fourth-order valence-corrected chi connectivity index (χ4v) is 4.97. The van der Waals surface area contributed by atoms with Crippen LogP contribution in [-0.2, 0) is 0 Å². The lowest BCUT2D eigenvalue weighted by Gasteiger charge is -2.47. The van der Waals surface area contributed by atoms with E-state index >= 15 is 0 Å². The lowest BCUT2D eigenvalue weighted by atomic mass is 9.82. The van der Waals surface area contributed by atoms with Crippen molar-refractivity contribution in [3.8, 4) is 11.5 Å². The Hall–Kier alpha value is -2.37. The number of carbonyl (C=O) groups excluding carboxylic acids is 1. The molecule has 1 aromatic heterocycles. The molecule has 5 rings (SSSR count). The molecule has 0 saturated carbocycles. The highest BCUT2D eigenvalue weighted by Gasteiger charge is 2.36. The minimum Gasteiger partial charge on any atom is -0.436 e. The Morgan fingerprint density at radius 3 is 2.59 bits per heavy atom. The number of nitrogens with zero attached hydrogens (tertiary/aromatic N) is 2. The molecule has 3 heterocycles. The molecule has 2 saturated heterocycles. The topological polar surface area (TPSA) is 58.4 Å². The molecule has 1 N–H and O–H groups in total. The van der Waals surface area contributed by atoms with E-state index in [4.69, 9.17) is 16.0 Å². The van der Waals surface area contributed by atoms with E-state index < -0.39 is 0 Å². The number of hydrogen-bond acceptors (Lipinski definition) is 4. The molecule has 2 atom stereocenters. The second-order valence-corrected chi connectivity index (χ2v) is 8.66. The van der Waals surface area contributed by atoms with Gasteiger partial charge in [0.15, 0.2) is 5.58 Å². The van der Waals surface area contributed by atoms with Crippen molar-refractivity contribution in [1.82, 2.24) is 15.2 Å². The molecule has 0 spiro atoms. The van der Waals surface area contributed by atoms with Crippen molar-refractivity contribution in [2.24, 2.45) is 0 Å². The molecule has 29 heavy (non-hydrogen) atoms. The first-order valence-electron chi connectivity index (χ1n) is 10.3. The molecule has 1 amide bonds. The molecule has 0 unspecified atom stereocenters. The van der Waals surface area contributed by atoms with Crippen LogP contribution in [0.4, 0.5) is 0 Å². The van der Waals surface area contributed by atoms with Gasteiger partial charge in [-0.05, 0) is 69.1 Å². The first-order chi connectivity index (χ1) is 14.1. The van der Waals surface area contributed by atoms with Gasteiger partial charge in [0.1, 0.15) is 5.52 Å². The van der Waals surface area contributed by atoms with Gasteiger partial charge in [0.25, 0.3) is 5.91 Å². The van der Waals surface area contributed by atoms with Crippen LogP contribution in [0, 0.1) is 0 Å². The van der Waals surface area contributed by atoms with Gasteiger partial charge >= 0.3 is 0 Å². The fraction of sp³-hybridized carbons (Fsp3) is 0.391. The monoisotopic (exact) mass is 409 g/mol. The molecule has 150 valence electrons. The summed E-state index contributed by atoms with van der Waals surface area (Å²) >= 11 is 5.97. The fourth-order valence-electron chi connectivity index (χ4n) is 4.84. The Kier molecular flexibility index (Phi) is 4.80. The predicted molar refractivity (Wildman–Crippen MR) is 114 cm³/mol. The first kappa shape index (κ1) is 18.6. The minimum absolute atomic E-state index is 0.0702. The Balaban J connectivity index is 1.39. The van der Waals surface area contributed by atoms with Gasteiger partial charge in [-0.15, -0.1) is 0 Å². The molecule has 2 aliphatic heterocycles. The summed E-state index contributed by atoms with van der Waals surface area (Å²) in [5.74, 6) is 0.421. The molecule has 2 aliphatic rings. The minimum atomic E-state index is -0.0702. The van der Waals surface area contributed by atoms with E-state index in [1.165, 1.54) is 19.3 Å². The van der Waals surface area contributed by atoms with E-state index in [2.05, 4.69) is 22.2 Å². The van der Waals surface area contributed by atoms with Crippen molar-refractivity contribution in [3.05, 3.63) is 53.1 Å². The average Bonchev–Trinajstić information content (AvgIpc) is 3.13. The van der Waals surface area contributed by atoms with Crippen LogP contribution < -0.4 is 5.32 Å². The Bertz CT molecular complexity index is 1030. The van der Waals surface area contributed by atoms with Gasteiger partial charge in [0.2, 0.25) is 5.89 Å². The van der Waals surface area contributed by atoms with E-state index in [9.17, 15) is 4.79 Å². The third-order valence-corrected chi connectivity index (χ3v) is 6.68. The summed E-state index contributed by atoms with van der Waals surface area (Å²) in [7, 11) is 2.22. The third kappa shape index (κ3) is 3.53. The van der Waals surface area contributed by atoms with Gasteiger partial charge < -0.3 is 14.6 Å². The third-order valence-electron chi connectivity index (χ3n) is 6.43. The maximum Gasteiger partial charge on any atom is 0.253 e. The SMILES string of the molecule is CN1[C@@H]2CCC[C@@H]1CC(NC(=O)c1cccc3oc(-c4ccc(Cl)cc4)nc13)C2. The van der Waals surface area contributed by atoms with Gasteiger partial charge in [0, 0.05) is 28.7 Å². The Labute approximate surface area is 175 Å². The van der Waals surface area contributed by atoms with Crippen molar-refractivity contribution in [2.45, 2.75) is 50.2 Å². The van der Waals surface area contributed by atoms with E-state index in [1.54, 1.807) is 12.1 Å². The van der Waals surface area contributed by atoms with Crippen LogP contribution in [0.2, 0.25) is 5.02 Å². The largest absolute Gasteiger partial charge is 0.436 e. The number of para-hydroxylation sites is 1. The van der Waals surface area contributed by atoms with E-state index in [1.807, 2.05) is 30.3 Å². The number of benzene rings is 2. The highest BCUT2D eigenvalue weighted by Crippen LogP contribution is 2.33. The van der Waals surface area contributed by atoms with Gasteiger partial charge in [-0.3, -0.25) is 4.79 Å². The number of hydrogen-bond donors (Lipinski definition) is 1. The molecule has 3 aromatic rings. The summed E-state index contributed by atoms with van der Waals surface area (Å²) in [6.07, 6.45) is 5.78. The Morgan fingerprint density at radius 1 is 1.14 bits per heavy atom. The number of rotatable bonds is 3. The number of fused-ring (bicyclic) bond motifs is 3. The van der Waals surface area contributed by atoms with E-state index in [-0.39, 0.29) is 11.9 Å². The lowest BCUT2D eigenvalue weighted by Crippen LogP contribution is -2.55. The second-order valence-electron chi connectivity index (χ2n) is 8.22. The van der Waals surface area contributed by atoms with Crippen molar-refractivity contribution < 1.29 is 9.21 Å². The molecular weight excluding hydrogens is 386 g/mol. The van der Waals surface area contributed by atoms with Gasteiger partial charge in [0.05, 0.1) is 5.56 Å². The summed E-state index contributed by atoms with van der Waals surface area (Å²) < 4.78 is 5.91. The van der Waals surface area contributed by atoms with Gasteiger partial charge in [-0.25, -0.2) is 4.98 Å². The second kappa shape index (κ2) is 7.47. The highest BCUT2D eigenvalue weighted by atomic mass is 35.5. The zero-order chi connectivity index (χ0) is 20.0. The van der Waals surface area contributed by atoms with Crippen LogP contribution in [0.15, 0.2) is 46.9 Å². The van der Waals surface area contributed by atoms with Crippen molar-refractivity contribution >= 4 is 28.6 Å². The molecule has 6 heteroatoms. The predicted octanol–water partition coefficient (Wildman–Crippen LogP) is 4.89. The van der Waals surface area contributed by atoms with Crippen molar-refractivity contribution in [3.63, 3.8) is 0 Å². The smallest absolute Gasteiger partial charge is 0.253 e. The highest BCUT2D eigenvalue weighted by molar-refractivity contribution is 6.30. The number of aromatic nitrogens is 1. The van der Waals surface area contributed by atoms with Crippen LogP contribution in [0.5, 0.6) is 0 Å². The van der Waals surface area contributed by atoms with Gasteiger partial charge in [-0.2, -0.15) is 0 Å². The summed E-state index contributed by atoms with van der Waals surface area (Å²) in [6, 6.07) is 14.2. The molecule has 0 radical (unpaired) electrons. The van der Waals surface area contributed by atoms with Crippen LogP contribution in [-0.4, -0.2) is 41.0 Å². The van der Waals surface area contributed by atoms with Crippen LogP contribution in [0.25, 0.3) is 22.6 Å². The van der Waals surface area contributed by atoms with Crippen LogP contribution in [0.3, 0.4) is 0 Å². The summed E-state index contributed by atoms with van der Waals surface area (Å²) in [5.41, 5.74) is 2.61.